The number of aryl methyl sites for hydroxylation is 1. The molecule has 0 saturated heterocycles. The van der Waals surface area contributed by atoms with Gasteiger partial charge in [0.05, 0.1) is 18.8 Å². The van der Waals surface area contributed by atoms with E-state index in [2.05, 4.69) is 64.7 Å². The van der Waals surface area contributed by atoms with Gasteiger partial charge in [-0.2, -0.15) is 5.10 Å². The number of rotatable bonds is 4. The molecule has 0 aliphatic carbocycles. The lowest BCUT2D eigenvalue weighted by atomic mass is 10.1. The number of hydrogen-bond acceptors (Lipinski definition) is 4. The molecule has 1 aliphatic rings. The largest absolute Gasteiger partial charge is 0.348 e. The third-order valence-corrected chi connectivity index (χ3v) is 3.72. The van der Waals surface area contributed by atoms with Gasteiger partial charge in [-0.1, -0.05) is 30.3 Å². The molecule has 0 bridgehead atoms. The van der Waals surface area contributed by atoms with E-state index in [1.807, 2.05) is 16.9 Å². The maximum absolute atomic E-state index is 4.62. The minimum Gasteiger partial charge on any atom is -0.348 e. The van der Waals surface area contributed by atoms with Gasteiger partial charge in [-0.25, -0.2) is 0 Å². The number of aromatic nitrogens is 2. The fourth-order valence-corrected chi connectivity index (χ4v) is 2.54. The Morgan fingerprint density at radius 2 is 2.09 bits per heavy atom. The van der Waals surface area contributed by atoms with Crippen molar-refractivity contribution in [1.29, 1.82) is 0 Å². The molecule has 0 radical (unpaired) electrons. The second-order valence-corrected chi connectivity index (χ2v) is 5.33. The Kier molecular flexibility index (Phi) is 5.82. The van der Waals surface area contributed by atoms with Gasteiger partial charge in [-0.05, 0) is 12.5 Å². The molecule has 2 heterocycles. The first kappa shape index (κ1) is 16.8. The lowest BCUT2D eigenvalue weighted by Gasteiger charge is -2.20. The van der Waals surface area contributed by atoms with Gasteiger partial charge in [0.2, 0.25) is 0 Å². The third kappa shape index (κ3) is 3.79. The van der Waals surface area contributed by atoms with Crippen molar-refractivity contribution in [3.63, 3.8) is 0 Å². The first-order valence-corrected chi connectivity index (χ1v) is 7.34. The number of guanidine groups is 1. The van der Waals surface area contributed by atoms with Gasteiger partial charge in [0.25, 0.3) is 0 Å². The van der Waals surface area contributed by atoms with Crippen LogP contribution in [-0.2, 0) is 13.1 Å². The Morgan fingerprint density at radius 3 is 2.77 bits per heavy atom. The summed E-state index contributed by atoms with van der Waals surface area (Å²) >= 11 is 0. The van der Waals surface area contributed by atoms with Crippen molar-refractivity contribution in [1.82, 2.24) is 20.0 Å². The maximum Gasteiger partial charge on any atom is 0.194 e. The minimum absolute atomic E-state index is 0. The number of nitrogens with zero attached hydrogens (tertiary/aromatic N) is 4. The predicted molar refractivity (Wildman–Crippen MR) is 99.4 cm³/mol. The molecule has 1 N–H and O–H groups in total. The van der Waals surface area contributed by atoms with Crippen molar-refractivity contribution in [2.24, 2.45) is 4.99 Å². The molecule has 0 amide bonds. The zero-order valence-corrected chi connectivity index (χ0v) is 15.3. The van der Waals surface area contributed by atoms with Gasteiger partial charge < -0.3 is 10.2 Å². The zero-order valence-electron chi connectivity index (χ0n) is 12.9. The second kappa shape index (κ2) is 7.62. The average Bonchev–Trinajstić information content (AvgIpc) is 3.17. The summed E-state index contributed by atoms with van der Waals surface area (Å²) in [4.78, 5) is 6.76. The number of halogens is 1. The number of hydrogen-bond donors (Lipinski definition) is 1. The summed E-state index contributed by atoms with van der Waals surface area (Å²) in [6.45, 7) is 4.60. The second-order valence-electron chi connectivity index (χ2n) is 5.33. The summed E-state index contributed by atoms with van der Waals surface area (Å²) in [5, 5.41) is 7.80. The molecular weight excluding hydrogens is 389 g/mol. The molecule has 1 atom stereocenters. The Labute approximate surface area is 148 Å². The Hall–Kier alpha value is -1.57. The zero-order chi connectivity index (χ0) is 14.7. The standard InChI is InChI=1S/C16H21N5.HI/c1-3-21-12-13(9-18-21)11-20(2)16-17-10-15(19-16)14-7-5-4-6-8-14;/h4-9,12,15H,3,10-11H2,1-2H3,(H,17,19);1H. The van der Waals surface area contributed by atoms with Crippen LogP contribution in [0.4, 0.5) is 0 Å². The van der Waals surface area contributed by atoms with E-state index in [1.165, 1.54) is 11.1 Å². The summed E-state index contributed by atoms with van der Waals surface area (Å²) < 4.78 is 1.94. The molecule has 1 aromatic heterocycles. The van der Waals surface area contributed by atoms with Crippen LogP contribution in [-0.4, -0.2) is 34.2 Å². The summed E-state index contributed by atoms with van der Waals surface area (Å²) in [6, 6.07) is 10.7. The Bertz CT molecular complexity index is 622. The molecule has 22 heavy (non-hydrogen) atoms. The van der Waals surface area contributed by atoms with Crippen molar-refractivity contribution < 1.29 is 0 Å². The van der Waals surface area contributed by atoms with Crippen LogP contribution in [0.5, 0.6) is 0 Å². The van der Waals surface area contributed by atoms with Crippen molar-refractivity contribution in [3.8, 4) is 0 Å². The fourth-order valence-electron chi connectivity index (χ4n) is 2.54. The molecule has 3 rings (SSSR count). The van der Waals surface area contributed by atoms with Crippen LogP contribution in [0.25, 0.3) is 0 Å². The maximum atomic E-state index is 4.62. The van der Waals surface area contributed by atoms with Crippen molar-refractivity contribution >= 4 is 29.9 Å². The normalized spacial score (nSPS) is 16.6. The Balaban J connectivity index is 0.00000176. The molecule has 1 aliphatic heterocycles. The first-order chi connectivity index (χ1) is 10.3. The molecule has 6 heteroatoms. The van der Waals surface area contributed by atoms with Gasteiger partial charge in [0, 0.05) is 31.9 Å². The van der Waals surface area contributed by atoms with Gasteiger partial charge in [-0.15, -0.1) is 24.0 Å². The first-order valence-electron chi connectivity index (χ1n) is 7.34. The van der Waals surface area contributed by atoms with E-state index in [-0.39, 0.29) is 30.0 Å². The fraction of sp³-hybridized carbons (Fsp3) is 0.375. The highest BCUT2D eigenvalue weighted by molar-refractivity contribution is 14.0. The van der Waals surface area contributed by atoms with Gasteiger partial charge >= 0.3 is 0 Å². The lowest BCUT2D eigenvalue weighted by molar-refractivity contribution is 0.479. The predicted octanol–water partition coefficient (Wildman–Crippen LogP) is 2.65. The highest BCUT2D eigenvalue weighted by atomic mass is 127. The summed E-state index contributed by atoms with van der Waals surface area (Å²) in [7, 11) is 2.06. The van der Waals surface area contributed by atoms with Gasteiger partial charge in [0.1, 0.15) is 0 Å². The van der Waals surface area contributed by atoms with Crippen molar-refractivity contribution in [3.05, 3.63) is 53.9 Å². The molecule has 1 aromatic carbocycles. The monoisotopic (exact) mass is 411 g/mol. The van der Waals surface area contributed by atoms with Gasteiger partial charge in [-0.3, -0.25) is 9.67 Å². The van der Waals surface area contributed by atoms with Gasteiger partial charge in [0.15, 0.2) is 5.96 Å². The van der Waals surface area contributed by atoms with Crippen molar-refractivity contribution in [2.45, 2.75) is 26.1 Å². The van der Waals surface area contributed by atoms with E-state index in [4.69, 9.17) is 0 Å². The van der Waals surface area contributed by atoms with E-state index < -0.39 is 0 Å². The SMILES string of the molecule is CCn1cc(CN(C)C2=NCC(c3ccccc3)N2)cn1.I. The van der Waals surface area contributed by atoms with E-state index in [0.717, 1.165) is 25.6 Å². The highest BCUT2D eigenvalue weighted by Gasteiger charge is 2.21. The van der Waals surface area contributed by atoms with Crippen LogP contribution in [0.2, 0.25) is 0 Å². The Morgan fingerprint density at radius 1 is 1.32 bits per heavy atom. The van der Waals surface area contributed by atoms with Crippen LogP contribution in [0.1, 0.15) is 24.1 Å². The summed E-state index contributed by atoms with van der Waals surface area (Å²) in [6.07, 6.45) is 4.00. The molecule has 0 saturated carbocycles. The molecule has 0 fully saturated rings. The smallest absolute Gasteiger partial charge is 0.194 e. The van der Waals surface area contributed by atoms with E-state index in [0.29, 0.717) is 0 Å². The average molecular weight is 411 g/mol. The molecule has 2 aromatic rings. The lowest BCUT2D eigenvalue weighted by Crippen LogP contribution is -2.36. The van der Waals surface area contributed by atoms with Crippen LogP contribution in [0.3, 0.4) is 0 Å². The van der Waals surface area contributed by atoms with Crippen LogP contribution >= 0.6 is 24.0 Å². The molecule has 1 unspecified atom stereocenters. The molecular formula is C16H22IN5. The minimum atomic E-state index is 0. The highest BCUT2D eigenvalue weighted by Crippen LogP contribution is 2.18. The van der Waals surface area contributed by atoms with Crippen LogP contribution in [0.15, 0.2) is 47.7 Å². The van der Waals surface area contributed by atoms with Crippen LogP contribution < -0.4 is 5.32 Å². The van der Waals surface area contributed by atoms with E-state index >= 15 is 0 Å². The van der Waals surface area contributed by atoms with Crippen LogP contribution in [0, 0.1) is 0 Å². The summed E-state index contributed by atoms with van der Waals surface area (Å²) in [5.41, 5.74) is 2.48. The number of aliphatic imine (C=N–C) groups is 1. The molecule has 0 spiro atoms. The number of benzene rings is 1. The van der Waals surface area contributed by atoms with E-state index in [1.54, 1.807) is 0 Å². The summed E-state index contributed by atoms with van der Waals surface area (Å²) in [5.74, 6) is 0.952. The van der Waals surface area contributed by atoms with Crippen molar-refractivity contribution in [2.75, 3.05) is 13.6 Å². The molecule has 118 valence electrons. The topological polar surface area (TPSA) is 45.5 Å². The van der Waals surface area contributed by atoms with E-state index in [9.17, 15) is 0 Å². The third-order valence-electron chi connectivity index (χ3n) is 3.72. The molecule has 5 nitrogen and oxygen atoms in total. The quantitative estimate of drug-likeness (QED) is 0.788. The number of nitrogens with one attached hydrogen (secondary N) is 1.